The summed E-state index contributed by atoms with van der Waals surface area (Å²) in [6.07, 6.45) is 7.94. The zero-order valence-corrected chi connectivity index (χ0v) is 16.0. The fourth-order valence-corrected chi connectivity index (χ4v) is 4.50. The van der Waals surface area contributed by atoms with Crippen LogP contribution < -0.4 is 5.32 Å². The van der Waals surface area contributed by atoms with E-state index in [-0.39, 0.29) is 11.8 Å². The van der Waals surface area contributed by atoms with Crippen LogP contribution in [0.1, 0.15) is 62.2 Å². The van der Waals surface area contributed by atoms with Gasteiger partial charge in [-0.05, 0) is 70.5 Å². The first-order chi connectivity index (χ1) is 12.6. The van der Waals surface area contributed by atoms with Crippen LogP contribution in [0.2, 0.25) is 0 Å². The van der Waals surface area contributed by atoms with Gasteiger partial charge in [-0.15, -0.1) is 0 Å². The van der Waals surface area contributed by atoms with E-state index < -0.39 is 0 Å². The van der Waals surface area contributed by atoms with Crippen molar-refractivity contribution in [2.24, 2.45) is 11.8 Å². The average molecular weight is 357 g/mol. The minimum atomic E-state index is 0.0985. The molecular formula is C22H32N2O2. The third kappa shape index (κ3) is 5.41. The smallest absolute Gasteiger partial charge is 0.217 e. The molecule has 0 atom stereocenters. The molecule has 26 heavy (non-hydrogen) atoms. The molecule has 1 aliphatic heterocycles. The first-order valence-electron chi connectivity index (χ1n) is 10.2. The Morgan fingerprint density at radius 3 is 2.27 bits per heavy atom. The summed E-state index contributed by atoms with van der Waals surface area (Å²) in [4.78, 5) is 26.3. The minimum absolute atomic E-state index is 0.0985. The van der Waals surface area contributed by atoms with E-state index in [9.17, 15) is 9.59 Å². The van der Waals surface area contributed by atoms with Gasteiger partial charge in [-0.3, -0.25) is 9.59 Å². The van der Waals surface area contributed by atoms with Gasteiger partial charge in [-0.2, -0.15) is 0 Å². The molecular weight excluding hydrogens is 324 g/mol. The molecule has 0 aromatic heterocycles. The maximum Gasteiger partial charge on any atom is 0.217 e. The number of rotatable bonds is 6. The van der Waals surface area contributed by atoms with E-state index in [2.05, 4.69) is 10.2 Å². The standard InChI is InChI=1S/C22H32N2O2/c1-17(25)23-21-9-7-18(8-10-21)11-14-24-15-12-20(13-16-24)22(26)19-5-3-2-4-6-19/h2-6,18,20-21H,7-16H2,1H3,(H,23,25)/t18-,21-. The number of hydrogen-bond donors (Lipinski definition) is 1. The Hall–Kier alpha value is -1.68. The Balaban J connectivity index is 1.35. The molecule has 1 N–H and O–H groups in total. The number of carbonyl (C=O) groups is 2. The molecule has 1 aromatic carbocycles. The molecule has 4 heteroatoms. The van der Waals surface area contributed by atoms with Crippen molar-refractivity contribution in [3.05, 3.63) is 35.9 Å². The zero-order valence-electron chi connectivity index (χ0n) is 16.0. The van der Waals surface area contributed by atoms with Gasteiger partial charge in [-0.1, -0.05) is 30.3 Å². The summed E-state index contributed by atoms with van der Waals surface area (Å²) < 4.78 is 0. The third-order valence-corrected chi connectivity index (χ3v) is 6.12. The van der Waals surface area contributed by atoms with Crippen molar-refractivity contribution >= 4 is 11.7 Å². The Bertz CT molecular complexity index is 585. The Morgan fingerprint density at radius 2 is 1.65 bits per heavy atom. The van der Waals surface area contributed by atoms with E-state index in [0.29, 0.717) is 11.8 Å². The number of ketones is 1. The third-order valence-electron chi connectivity index (χ3n) is 6.12. The largest absolute Gasteiger partial charge is 0.354 e. The second-order valence-electron chi connectivity index (χ2n) is 8.05. The molecule has 1 saturated heterocycles. The van der Waals surface area contributed by atoms with Gasteiger partial charge in [-0.25, -0.2) is 0 Å². The van der Waals surface area contributed by atoms with Gasteiger partial charge >= 0.3 is 0 Å². The van der Waals surface area contributed by atoms with Crippen LogP contribution >= 0.6 is 0 Å². The van der Waals surface area contributed by atoms with Gasteiger partial charge in [0.15, 0.2) is 5.78 Å². The molecule has 142 valence electrons. The second-order valence-corrected chi connectivity index (χ2v) is 8.05. The zero-order chi connectivity index (χ0) is 18.4. The van der Waals surface area contributed by atoms with Crippen molar-refractivity contribution in [3.8, 4) is 0 Å². The van der Waals surface area contributed by atoms with Crippen molar-refractivity contribution in [2.75, 3.05) is 19.6 Å². The average Bonchev–Trinajstić information content (AvgIpc) is 2.67. The Morgan fingerprint density at radius 1 is 1.00 bits per heavy atom. The predicted molar refractivity (Wildman–Crippen MR) is 104 cm³/mol. The molecule has 1 aromatic rings. The quantitative estimate of drug-likeness (QED) is 0.791. The topological polar surface area (TPSA) is 49.4 Å². The van der Waals surface area contributed by atoms with Crippen LogP contribution in [0.15, 0.2) is 30.3 Å². The van der Waals surface area contributed by atoms with E-state index in [1.54, 1.807) is 6.92 Å². The predicted octanol–water partition coefficient (Wildman–Crippen LogP) is 3.67. The lowest BCUT2D eigenvalue weighted by molar-refractivity contribution is -0.119. The molecule has 1 heterocycles. The molecule has 1 aliphatic carbocycles. The first kappa shape index (κ1) is 19.1. The maximum absolute atomic E-state index is 12.6. The highest BCUT2D eigenvalue weighted by atomic mass is 16.1. The highest BCUT2D eigenvalue weighted by molar-refractivity contribution is 5.97. The SMILES string of the molecule is CC(=O)N[C@H]1CC[C@H](CCN2CCC(C(=O)c3ccccc3)CC2)CC1. The van der Waals surface area contributed by atoms with Gasteiger partial charge in [0, 0.05) is 24.4 Å². The molecule has 0 radical (unpaired) electrons. The van der Waals surface area contributed by atoms with Crippen LogP contribution in [0.5, 0.6) is 0 Å². The second kappa shape index (κ2) is 9.31. The normalized spacial score (nSPS) is 25.0. The number of nitrogens with zero attached hydrogens (tertiary/aromatic N) is 1. The van der Waals surface area contributed by atoms with Crippen molar-refractivity contribution in [2.45, 2.75) is 57.9 Å². The molecule has 0 spiro atoms. The minimum Gasteiger partial charge on any atom is -0.354 e. The summed E-state index contributed by atoms with van der Waals surface area (Å²) in [6.45, 7) is 4.86. The molecule has 0 unspecified atom stereocenters. The summed E-state index contributed by atoms with van der Waals surface area (Å²) in [5, 5.41) is 3.06. The number of Topliss-reactive ketones (excluding diaryl/α,β-unsaturated/α-hetero) is 1. The van der Waals surface area contributed by atoms with E-state index >= 15 is 0 Å². The number of carbonyl (C=O) groups excluding carboxylic acids is 2. The molecule has 2 aliphatic rings. The van der Waals surface area contributed by atoms with Gasteiger partial charge < -0.3 is 10.2 Å². The fourth-order valence-electron chi connectivity index (χ4n) is 4.50. The number of hydrogen-bond acceptors (Lipinski definition) is 3. The molecule has 0 bridgehead atoms. The summed E-state index contributed by atoms with van der Waals surface area (Å²) in [5.41, 5.74) is 0.863. The Kier molecular flexibility index (Phi) is 6.84. The molecule has 3 rings (SSSR count). The molecule has 2 fully saturated rings. The number of benzene rings is 1. The summed E-state index contributed by atoms with van der Waals surface area (Å²) in [5.74, 6) is 1.41. The highest BCUT2D eigenvalue weighted by Gasteiger charge is 2.27. The van der Waals surface area contributed by atoms with Gasteiger partial charge in [0.2, 0.25) is 5.91 Å². The van der Waals surface area contributed by atoms with Crippen LogP contribution in [0.4, 0.5) is 0 Å². The number of nitrogens with one attached hydrogen (secondary N) is 1. The van der Waals surface area contributed by atoms with E-state index in [4.69, 9.17) is 0 Å². The molecule has 4 nitrogen and oxygen atoms in total. The molecule has 1 amide bonds. The van der Waals surface area contributed by atoms with Gasteiger partial charge in [0.05, 0.1) is 0 Å². The number of amides is 1. The van der Waals surface area contributed by atoms with Crippen molar-refractivity contribution in [1.82, 2.24) is 10.2 Å². The van der Waals surface area contributed by atoms with E-state index in [1.165, 1.54) is 19.3 Å². The van der Waals surface area contributed by atoms with Crippen molar-refractivity contribution in [3.63, 3.8) is 0 Å². The number of likely N-dealkylation sites (tertiary alicyclic amines) is 1. The summed E-state index contributed by atoms with van der Waals surface area (Å²) in [6, 6.07) is 10.1. The monoisotopic (exact) mass is 356 g/mol. The number of piperidine rings is 1. The van der Waals surface area contributed by atoms with Crippen LogP contribution in [-0.2, 0) is 4.79 Å². The fraction of sp³-hybridized carbons (Fsp3) is 0.636. The summed E-state index contributed by atoms with van der Waals surface area (Å²) >= 11 is 0. The van der Waals surface area contributed by atoms with E-state index in [1.807, 2.05) is 30.3 Å². The van der Waals surface area contributed by atoms with E-state index in [0.717, 1.165) is 56.8 Å². The lowest BCUT2D eigenvalue weighted by atomic mass is 9.83. The van der Waals surface area contributed by atoms with Gasteiger partial charge in [0.1, 0.15) is 0 Å². The lowest BCUT2D eigenvalue weighted by Crippen LogP contribution is -2.39. The maximum atomic E-state index is 12.6. The molecule has 1 saturated carbocycles. The summed E-state index contributed by atoms with van der Waals surface area (Å²) in [7, 11) is 0. The lowest BCUT2D eigenvalue weighted by Gasteiger charge is -2.34. The first-order valence-corrected chi connectivity index (χ1v) is 10.2. The van der Waals surface area contributed by atoms with Crippen LogP contribution in [0, 0.1) is 11.8 Å². The van der Waals surface area contributed by atoms with Gasteiger partial charge in [0.25, 0.3) is 0 Å². The van der Waals surface area contributed by atoms with Crippen LogP contribution in [0.25, 0.3) is 0 Å². The highest BCUT2D eigenvalue weighted by Crippen LogP contribution is 2.28. The Labute approximate surface area is 157 Å². The van der Waals surface area contributed by atoms with Crippen LogP contribution in [0.3, 0.4) is 0 Å². The van der Waals surface area contributed by atoms with Crippen molar-refractivity contribution in [1.29, 1.82) is 0 Å². The van der Waals surface area contributed by atoms with Crippen LogP contribution in [-0.4, -0.2) is 42.3 Å². The van der Waals surface area contributed by atoms with Crippen molar-refractivity contribution < 1.29 is 9.59 Å².